The molecular weight excluding hydrogens is 356 g/mol. The standard InChI is InChI=1S/C20H22N6O2/c27-20(18-6-5-15-3-1-2-4-17(15)24-18)22-8-7-21-19-13-16(14-23-25-19)26-9-11-28-12-10-26/h1-6,13-14H,7-12H2,(H,21,25)(H,22,27). The average molecular weight is 378 g/mol. The lowest BCUT2D eigenvalue weighted by atomic mass is 10.2. The zero-order valence-corrected chi connectivity index (χ0v) is 15.5. The summed E-state index contributed by atoms with van der Waals surface area (Å²) < 4.78 is 5.37. The van der Waals surface area contributed by atoms with Crippen LogP contribution < -0.4 is 15.5 Å². The number of nitrogens with zero attached hydrogens (tertiary/aromatic N) is 4. The predicted molar refractivity (Wildman–Crippen MR) is 108 cm³/mol. The van der Waals surface area contributed by atoms with Crippen molar-refractivity contribution in [1.29, 1.82) is 0 Å². The van der Waals surface area contributed by atoms with Crippen LogP contribution in [-0.4, -0.2) is 60.5 Å². The van der Waals surface area contributed by atoms with Gasteiger partial charge >= 0.3 is 0 Å². The molecule has 1 amide bonds. The van der Waals surface area contributed by atoms with Crippen molar-refractivity contribution in [1.82, 2.24) is 20.5 Å². The molecule has 0 unspecified atom stereocenters. The second-order valence-corrected chi connectivity index (χ2v) is 6.47. The lowest BCUT2D eigenvalue weighted by Gasteiger charge is -2.28. The van der Waals surface area contributed by atoms with Crippen molar-refractivity contribution in [2.24, 2.45) is 0 Å². The summed E-state index contributed by atoms with van der Waals surface area (Å²) in [5.41, 5.74) is 2.24. The van der Waals surface area contributed by atoms with Gasteiger partial charge in [-0.25, -0.2) is 4.98 Å². The van der Waals surface area contributed by atoms with Crippen molar-refractivity contribution in [3.05, 3.63) is 54.4 Å². The molecule has 3 aromatic rings. The second-order valence-electron chi connectivity index (χ2n) is 6.47. The van der Waals surface area contributed by atoms with E-state index in [1.807, 2.05) is 36.4 Å². The average Bonchev–Trinajstić information content (AvgIpc) is 2.77. The minimum Gasteiger partial charge on any atom is -0.378 e. The highest BCUT2D eigenvalue weighted by atomic mass is 16.5. The molecule has 2 aromatic heterocycles. The molecule has 8 heteroatoms. The van der Waals surface area contributed by atoms with Gasteiger partial charge in [-0.05, 0) is 12.1 Å². The van der Waals surface area contributed by atoms with Gasteiger partial charge in [0.2, 0.25) is 0 Å². The molecule has 1 aliphatic heterocycles. The topological polar surface area (TPSA) is 92.3 Å². The van der Waals surface area contributed by atoms with Crippen LogP contribution in [0.15, 0.2) is 48.7 Å². The van der Waals surface area contributed by atoms with Gasteiger partial charge in [0.05, 0.1) is 30.6 Å². The zero-order valence-electron chi connectivity index (χ0n) is 15.5. The Morgan fingerprint density at radius 3 is 2.86 bits per heavy atom. The number of hydrogen-bond acceptors (Lipinski definition) is 7. The quantitative estimate of drug-likeness (QED) is 0.631. The highest BCUT2D eigenvalue weighted by Crippen LogP contribution is 2.17. The van der Waals surface area contributed by atoms with E-state index in [0.29, 0.717) is 24.6 Å². The minimum absolute atomic E-state index is 0.194. The first kappa shape index (κ1) is 18.1. The molecule has 1 fully saturated rings. The molecule has 8 nitrogen and oxygen atoms in total. The summed E-state index contributed by atoms with van der Waals surface area (Å²) in [5.74, 6) is 0.489. The maximum absolute atomic E-state index is 12.3. The van der Waals surface area contributed by atoms with Gasteiger partial charge in [0.25, 0.3) is 5.91 Å². The maximum Gasteiger partial charge on any atom is 0.269 e. The summed E-state index contributed by atoms with van der Waals surface area (Å²) in [7, 11) is 0. The van der Waals surface area contributed by atoms with Crippen LogP contribution >= 0.6 is 0 Å². The first-order chi connectivity index (χ1) is 13.8. The Balaban J connectivity index is 1.28. The van der Waals surface area contributed by atoms with E-state index < -0.39 is 0 Å². The normalized spacial score (nSPS) is 14.1. The first-order valence-corrected chi connectivity index (χ1v) is 9.33. The van der Waals surface area contributed by atoms with E-state index >= 15 is 0 Å². The largest absolute Gasteiger partial charge is 0.378 e. The number of anilines is 2. The van der Waals surface area contributed by atoms with Crippen molar-refractivity contribution in [2.75, 3.05) is 49.6 Å². The molecule has 28 heavy (non-hydrogen) atoms. The van der Waals surface area contributed by atoms with E-state index in [-0.39, 0.29) is 5.91 Å². The van der Waals surface area contributed by atoms with Crippen LogP contribution in [0.2, 0.25) is 0 Å². The summed E-state index contributed by atoms with van der Waals surface area (Å²) >= 11 is 0. The van der Waals surface area contributed by atoms with Crippen LogP contribution in [0.25, 0.3) is 10.9 Å². The number of aromatic nitrogens is 3. The van der Waals surface area contributed by atoms with Gasteiger partial charge in [0.1, 0.15) is 5.69 Å². The summed E-state index contributed by atoms with van der Waals surface area (Å²) in [6.07, 6.45) is 1.75. The Labute approximate surface area is 162 Å². The molecule has 1 aromatic carbocycles. The van der Waals surface area contributed by atoms with E-state index in [0.717, 1.165) is 42.9 Å². The fraction of sp³-hybridized carbons (Fsp3) is 0.300. The Kier molecular flexibility index (Phi) is 5.58. The number of pyridine rings is 1. The molecule has 0 spiro atoms. The van der Waals surface area contributed by atoms with Crippen LogP contribution in [0.5, 0.6) is 0 Å². The Morgan fingerprint density at radius 2 is 1.96 bits per heavy atom. The van der Waals surface area contributed by atoms with E-state index in [1.165, 1.54) is 0 Å². The highest BCUT2D eigenvalue weighted by molar-refractivity contribution is 5.94. The fourth-order valence-electron chi connectivity index (χ4n) is 3.09. The lowest BCUT2D eigenvalue weighted by Crippen LogP contribution is -2.36. The number of hydrogen-bond donors (Lipinski definition) is 2. The molecule has 4 rings (SSSR count). The van der Waals surface area contributed by atoms with Crippen molar-refractivity contribution in [3.8, 4) is 0 Å². The summed E-state index contributed by atoms with van der Waals surface area (Å²) in [5, 5.41) is 15.2. The van der Waals surface area contributed by atoms with Crippen LogP contribution in [0.4, 0.5) is 11.5 Å². The smallest absolute Gasteiger partial charge is 0.269 e. The van der Waals surface area contributed by atoms with Gasteiger partial charge in [-0.2, -0.15) is 5.10 Å². The van der Waals surface area contributed by atoms with Crippen LogP contribution in [0.3, 0.4) is 0 Å². The third kappa shape index (κ3) is 4.34. The molecule has 0 radical (unpaired) electrons. The van der Waals surface area contributed by atoms with Crippen LogP contribution in [0.1, 0.15) is 10.5 Å². The molecule has 3 heterocycles. The number of fused-ring (bicyclic) bond motifs is 1. The number of carbonyl (C=O) groups excluding carboxylic acids is 1. The molecule has 1 saturated heterocycles. The predicted octanol–water partition coefficient (Wildman–Crippen LogP) is 1.70. The van der Waals surface area contributed by atoms with E-state index in [1.54, 1.807) is 12.3 Å². The number of amides is 1. The highest BCUT2D eigenvalue weighted by Gasteiger charge is 2.12. The fourth-order valence-corrected chi connectivity index (χ4v) is 3.09. The summed E-state index contributed by atoms with van der Waals surface area (Å²) in [4.78, 5) is 18.9. The molecule has 1 aliphatic rings. The number of nitrogens with one attached hydrogen (secondary N) is 2. The number of benzene rings is 1. The van der Waals surface area contributed by atoms with E-state index in [9.17, 15) is 4.79 Å². The third-order valence-corrected chi connectivity index (χ3v) is 4.56. The zero-order chi connectivity index (χ0) is 19.2. The second kappa shape index (κ2) is 8.62. The molecular formula is C20H22N6O2. The van der Waals surface area contributed by atoms with Gasteiger partial charge in [-0.1, -0.05) is 24.3 Å². The number of rotatable bonds is 6. The molecule has 2 N–H and O–H groups in total. The third-order valence-electron chi connectivity index (χ3n) is 4.56. The van der Waals surface area contributed by atoms with Crippen LogP contribution in [0, 0.1) is 0 Å². The number of para-hydroxylation sites is 1. The van der Waals surface area contributed by atoms with Crippen molar-refractivity contribution in [3.63, 3.8) is 0 Å². The van der Waals surface area contributed by atoms with Gasteiger partial charge in [0.15, 0.2) is 5.82 Å². The van der Waals surface area contributed by atoms with Crippen LogP contribution in [-0.2, 0) is 4.74 Å². The van der Waals surface area contributed by atoms with Gasteiger partial charge in [0, 0.05) is 37.6 Å². The maximum atomic E-state index is 12.3. The molecule has 0 aliphatic carbocycles. The van der Waals surface area contributed by atoms with Gasteiger partial charge in [-0.15, -0.1) is 5.10 Å². The monoisotopic (exact) mass is 378 g/mol. The van der Waals surface area contributed by atoms with Crippen molar-refractivity contribution >= 4 is 28.3 Å². The lowest BCUT2D eigenvalue weighted by molar-refractivity contribution is 0.0950. The molecule has 0 saturated carbocycles. The van der Waals surface area contributed by atoms with Crippen molar-refractivity contribution < 1.29 is 9.53 Å². The first-order valence-electron chi connectivity index (χ1n) is 9.33. The Bertz CT molecular complexity index is 958. The molecule has 0 bridgehead atoms. The van der Waals surface area contributed by atoms with Crippen molar-refractivity contribution in [2.45, 2.75) is 0 Å². The summed E-state index contributed by atoms with van der Waals surface area (Å²) in [6.45, 7) is 4.14. The van der Waals surface area contributed by atoms with Gasteiger partial charge in [-0.3, -0.25) is 4.79 Å². The number of morpholine rings is 1. The SMILES string of the molecule is O=C(NCCNc1cc(N2CCOCC2)cnn1)c1ccc2ccccc2n1. The van der Waals surface area contributed by atoms with Gasteiger partial charge < -0.3 is 20.3 Å². The minimum atomic E-state index is -0.194. The summed E-state index contributed by atoms with van der Waals surface area (Å²) in [6, 6.07) is 13.3. The number of ether oxygens (including phenoxy) is 1. The van der Waals surface area contributed by atoms with E-state index in [4.69, 9.17) is 4.74 Å². The molecule has 144 valence electrons. The Morgan fingerprint density at radius 1 is 1.11 bits per heavy atom. The Hall–Kier alpha value is -3.26. The van der Waals surface area contributed by atoms with E-state index in [2.05, 4.69) is 30.7 Å². The molecule has 0 atom stereocenters. The number of carbonyl (C=O) groups is 1.